The second-order valence-electron chi connectivity index (χ2n) is 3.21. The molecule has 0 spiro atoms. The van der Waals surface area contributed by atoms with Gasteiger partial charge in [-0.25, -0.2) is 4.79 Å². The van der Waals surface area contributed by atoms with E-state index in [0.29, 0.717) is 17.0 Å². The van der Waals surface area contributed by atoms with E-state index >= 15 is 0 Å². The summed E-state index contributed by atoms with van der Waals surface area (Å²) in [5.74, 6) is 0.335. The number of aromatic nitrogens is 2. The molecule has 0 aliphatic heterocycles. The number of rotatable bonds is 1. The summed E-state index contributed by atoms with van der Waals surface area (Å²) in [6, 6.07) is 3.05. The zero-order valence-corrected chi connectivity index (χ0v) is 10.5. The van der Waals surface area contributed by atoms with Gasteiger partial charge in [0.25, 0.3) is 0 Å². The van der Waals surface area contributed by atoms with Gasteiger partial charge in [-0.2, -0.15) is 4.98 Å². The summed E-state index contributed by atoms with van der Waals surface area (Å²) in [5, 5.41) is 10.3. The number of methoxy groups -OCH3 is 1. The van der Waals surface area contributed by atoms with Gasteiger partial charge < -0.3 is 14.8 Å². The van der Waals surface area contributed by atoms with Gasteiger partial charge in [-0.15, -0.1) is 17.0 Å². The van der Waals surface area contributed by atoms with Crippen molar-refractivity contribution in [3.05, 3.63) is 28.3 Å². The van der Waals surface area contributed by atoms with E-state index in [1.165, 1.54) is 13.2 Å². The molecule has 0 saturated heterocycles. The number of hydrogen-bond acceptors (Lipinski definition) is 4. The lowest BCUT2D eigenvalue weighted by Gasteiger charge is -2.06. The molecular weight excluding hydrogens is 276 g/mol. The molecule has 86 valence electrons. The molecule has 1 aromatic heterocycles. The van der Waals surface area contributed by atoms with Gasteiger partial charge in [0.15, 0.2) is 11.5 Å². The number of aryl methyl sites for hydroxylation is 1. The molecule has 0 aliphatic carbocycles. The number of H-pyrrole nitrogens is 1. The Bertz CT molecular complexity index is 580. The van der Waals surface area contributed by atoms with Gasteiger partial charge in [-0.05, 0) is 13.0 Å². The van der Waals surface area contributed by atoms with E-state index in [9.17, 15) is 9.90 Å². The lowest BCUT2D eigenvalue weighted by molar-refractivity contribution is 0.374. The van der Waals surface area contributed by atoms with Crippen molar-refractivity contribution in [2.45, 2.75) is 6.92 Å². The molecule has 2 rings (SSSR count). The van der Waals surface area contributed by atoms with E-state index in [1.54, 1.807) is 13.0 Å². The maximum absolute atomic E-state index is 11.1. The van der Waals surface area contributed by atoms with Crippen molar-refractivity contribution >= 4 is 27.9 Å². The first-order valence-electron chi connectivity index (χ1n) is 4.39. The monoisotopic (exact) mass is 286 g/mol. The zero-order chi connectivity index (χ0) is 11.0. The lowest BCUT2D eigenvalue weighted by atomic mass is 10.2. The van der Waals surface area contributed by atoms with Crippen LogP contribution in [-0.4, -0.2) is 22.2 Å². The number of phenols is 1. The smallest absolute Gasteiger partial charge is 0.345 e. The number of hydrogen-bond donors (Lipinski definition) is 2. The van der Waals surface area contributed by atoms with Crippen LogP contribution in [0.5, 0.6) is 11.5 Å². The Balaban J connectivity index is 0.00000128. The molecule has 0 bridgehead atoms. The van der Waals surface area contributed by atoms with E-state index < -0.39 is 5.69 Å². The van der Waals surface area contributed by atoms with Crippen LogP contribution in [0.4, 0.5) is 0 Å². The van der Waals surface area contributed by atoms with Gasteiger partial charge in [-0.1, -0.05) is 0 Å². The standard InChI is InChI=1S/C10H10N2O3.BrH/c1-5-6-3-9(15-2)8(13)4-7(6)12-10(14)11-5;/h3-4,13H,1-2H3,(H,11,12,14);1H. The van der Waals surface area contributed by atoms with Crippen molar-refractivity contribution in [1.29, 1.82) is 0 Å². The number of phenolic OH excluding ortho intramolecular Hbond substituents is 1. The average Bonchev–Trinajstić information content (AvgIpc) is 2.16. The predicted molar refractivity (Wildman–Crippen MR) is 65.6 cm³/mol. The second kappa shape index (κ2) is 4.52. The number of nitrogens with zero attached hydrogens (tertiary/aromatic N) is 1. The summed E-state index contributed by atoms with van der Waals surface area (Å²) in [6.45, 7) is 1.77. The number of nitrogens with one attached hydrogen (secondary N) is 1. The van der Waals surface area contributed by atoms with Crippen LogP contribution in [0.25, 0.3) is 10.9 Å². The highest BCUT2D eigenvalue weighted by Crippen LogP contribution is 2.30. The first kappa shape index (κ1) is 12.5. The molecule has 6 heteroatoms. The Morgan fingerprint density at radius 2 is 2.12 bits per heavy atom. The highest BCUT2D eigenvalue weighted by Gasteiger charge is 2.07. The normalized spacial score (nSPS) is 9.88. The Morgan fingerprint density at radius 1 is 1.44 bits per heavy atom. The minimum absolute atomic E-state index is 0. The average molecular weight is 287 g/mol. The van der Waals surface area contributed by atoms with Crippen LogP contribution in [-0.2, 0) is 0 Å². The van der Waals surface area contributed by atoms with Crippen LogP contribution < -0.4 is 10.4 Å². The predicted octanol–water partition coefficient (Wildman–Crippen LogP) is 1.52. The molecule has 0 fully saturated rings. The van der Waals surface area contributed by atoms with Crippen molar-refractivity contribution in [1.82, 2.24) is 9.97 Å². The van der Waals surface area contributed by atoms with Crippen molar-refractivity contribution in [3.8, 4) is 11.5 Å². The summed E-state index contributed by atoms with van der Waals surface area (Å²) in [7, 11) is 1.47. The fraction of sp³-hybridized carbons (Fsp3) is 0.200. The Hall–Kier alpha value is -1.56. The fourth-order valence-electron chi connectivity index (χ4n) is 1.48. The topological polar surface area (TPSA) is 75.2 Å². The number of ether oxygens (including phenoxy) is 1. The Morgan fingerprint density at radius 3 is 2.75 bits per heavy atom. The quantitative estimate of drug-likeness (QED) is 0.834. The summed E-state index contributed by atoms with van der Waals surface area (Å²) in [5.41, 5.74) is 0.724. The highest BCUT2D eigenvalue weighted by atomic mass is 79.9. The molecule has 0 saturated carbocycles. The third-order valence-electron chi connectivity index (χ3n) is 2.22. The molecule has 0 aliphatic rings. The lowest BCUT2D eigenvalue weighted by Crippen LogP contribution is -2.11. The molecule has 5 nitrogen and oxygen atoms in total. The number of fused-ring (bicyclic) bond motifs is 1. The van der Waals surface area contributed by atoms with Crippen LogP contribution in [0.3, 0.4) is 0 Å². The van der Waals surface area contributed by atoms with E-state index in [2.05, 4.69) is 9.97 Å². The molecule has 1 heterocycles. The van der Waals surface area contributed by atoms with Gasteiger partial charge in [0.2, 0.25) is 0 Å². The van der Waals surface area contributed by atoms with Crippen LogP contribution in [0.1, 0.15) is 5.69 Å². The van der Waals surface area contributed by atoms with Crippen molar-refractivity contribution in [2.75, 3.05) is 7.11 Å². The van der Waals surface area contributed by atoms with Crippen molar-refractivity contribution in [2.24, 2.45) is 0 Å². The number of halogens is 1. The zero-order valence-electron chi connectivity index (χ0n) is 8.77. The molecule has 0 unspecified atom stereocenters. The summed E-state index contributed by atoms with van der Waals surface area (Å²) >= 11 is 0. The second-order valence-corrected chi connectivity index (χ2v) is 3.21. The van der Waals surface area contributed by atoms with E-state index in [1.807, 2.05) is 0 Å². The van der Waals surface area contributed by atoms with E-state index in [-0.39, 0.29) is 22.7 Å². The van der Waals surface area contributed by atoms with E-state index in [0.717, 1.165) is 5.39 Å². The largest absolute Gasteiger partial charge is 0.504 e. The summed E-state index contributed by atoms with van der Waals surface area (Å²) < 4.78 is 4.97. The third kappa shape index (κ3) is 2.01. The molecule has 0 atom stereocenters. The number of aromatic amines is 1. The van der Waals surface area contributed by atoms with Gasteiger partial charge in [0.05, 0.1) is 12.6 Å². The Kier molecular flexibility index (Phi) is 3.54. The fourth-order valence-corrected chi connectivity index (χ4v) is 1.48. The SMILES string of the molecule is Br.COc1cc2c(C)[nH]c(=O)nc2cc1O. The van der Waals surface area contributed by atoms with Gasteiger partial charge in [0.1, 0.15) is 0 Å². The molecular formula is C10H11BrN2O3. The molecule has 1 aromatic carbocycles. The van der Waals surface area contributed by atoms with Crippen LogP contribution in [0, 0.1) is 6.92 Å². The maximum Gasteiger partial charge on any atom is 0.345 e. The first-order chi connectivity index (χ1) is 7.11. The van der Waals surface area contributed by atoms with E-state index in [4.69, 9.17) is 4.74 Å². The highest BCUT2D eigenvalue weighted by molar-refractivity contribution is 8.93. The van der Waals surface area contributed by atoms with Gasteiger partial charge in [-0.3, -0.25) is 0 Å². The summed E-state index contributed by atoms with van der Waals surface area (Å²) in [4.78, 5) is 17.4. The molecule has 0 amide bonds. The minimum atomic E-state index is -0.426. The number of benzene rings is 1. The van der Waals surface area contributed by atoms with Crippen LogP contribution in [0.2, 0.25) is 0 Å². The molecule has 0 radical (unpaired) electrons. The third-order valence-corrected chi connectivity index (χ3v) is 2.22. The van der Waals surface area contributed by atoms with Gasteiger partial charge in [0, 0.05) is 17.1 Å². The van der Waals surface area contributed by atoms with Gasteiger partial charge >= 0.3 is 5.69 Å². The Labute approximate surface area is 102 Å². The molecule has 2 aromatic rings. The van der Waals surface area contributed by atoms with Crippen molar-refractivity contribution in [3.63, 3.8) is 0 Å². The first-order valence-corrected chi connectivity index (χ1v) is 4.39. The minimum Gasteiger partial charge on any atom is -0.504 e. The van der Waals surface area contributed by atoms with Crippen LogP contribution >= 0.6 is 17.0 Å². The summed E-state index contributed by atoms with van der Waals surface area (Å²) in [6.07, 6.45) is 0. The molecule has 2 N–H and O–H groups in total. The molecule has 16 heavy (non-hydrogen) atoms. The van der Waals surface area contributed by atoms with Crippen LogP contribution in [0.15, 0.2) is 16.9 Å². The number of aromatic hydroxyl groups is 1. The maximum atomic E-state index is 11.1. The van der Waals surface area contributed by atoms with Crippen molar-refractivity contribution < 1.29 is 9.84 Å².